The summed E-state index contributed by atoms with van der Waals surface area (Å²) in [6, 6.07) is 5.11. The third-order valence-corrected chi connectivity index (χ3v) is 6.60. The number of methoxy groups -OCH3 is 2. The molecular formula is C21H26O5. The maximum atomic E-state index is 13.0. The molecule has 0 spiro atoms. The summed E-state index contributed by atoms with van der Waals surface area (Å²) in [4.78, 5) is 25.6. The number of ketones is 1. The molecule has 0 heterocycles. The summed E-state index contributed by atoms with van der Waals surface area (Å²) in [5.41, 5.74) is -0.0179. The molecule has 0 radical (unpaired) electrons. The van der Waals surface area contributed by atoms with Gasteiger partial charge in [0.1, 0.15) is 17.1 Å². The highest BCUT2D eigenvalue weighted by Gasteiger charge is 2.54. The number of carbonyl (C=O) groups excluding carboxylic acids is 2. The number of carbonyl (C=O) groups is 2. The molecular weight excluding hydrogens is 332 g/mol. The Hall–Kier alpha value is -2.04. The predicted octanol–water partition coefficient (Wildman–Crippen LogP) is 3.65. The van der Waals surface area contributed by atoms with Crippen molar-refractivity contribution in [3.05, 3.63) is 23.8 Å². The van der Waals surface area contributed by atoms with Gasteiger partial charge in [0.25, 0.3) is 0 Å². The molecule has 5 heteroatoms. The molecule has 5 nitrogen and oxygen atoms in total. The number of Topliss-reactive ketones (excluding diaryl/α,β-unsaturated/α-hetero) is 1. The van der Waals surface area contributed by atoms with Crippen molar-refractivity contribution in [3.8, 4) is 11.5 Å². The Morgan fingerprint density at radius 2 is 1.46 bits per heavy atom. The van der Waals surface area contributed by atoms with E-state index in [0.717, 1.165) is 19.3 Å². The van der Waals surface area contributed by atoms with Crippen LogP contribution in [0.25, 0.3) is 0 Å². The molecule has 4 aliphatic rings. The average molecular weight is 358 g/mol. The normalized spacial score (nSPS) is 31.5. The Kier molecular flexibility index (Phi) is 4.41. The van der Waals surface area contributed by atoms with Crippen LogP contribution < -0.4 is 9.47 Å². The van der Waals surface area contributed by atoms with Crippen molar-refractivity contribution in [3.63, 3.8) is 0 Å². The molecule has 4 bridgehead atoms. The van der Waals surface area contributed by atoms with E-state index >= 15 is 0 Å². The quantitative estimate of drug-likeness (QED) is 0.727. The van der Waals surface area contributed by atoms with Crippen LogP contribution in [0.5, 0.6) is 11.5 Å². The van der Waals surface area contributed by atoms with Crippen LogP contribution in [0.2, 0.25) is 0 Å². The molecule has 4 saturated carbocycles. The van der Waals surface area contributed by atoms with E-state index in [-0.39, 0.29) is 23.4 Å². The SMILES string of the molecule is COc1cccc(OC)c1C(=O)OCC(=O)C12CC3CC(CC(C3)C1)C2. The predicted molar refractivity (Wildman–Crippen MR) is 95.4 cm³/mol. The minimum absolute atomic E-state index is 0.0961. The molecule has 0 unspecified atom stereocenters. The van der Waals surface area contributed by atoms with Crippen molar-refractivity contribution in [2.24, 2.45) is 23.2 Å². The van der Waals surface area contributed by atoms with Gasteiger partial charge in [0, 0.05) is 5.41 Å². The Morgan fingerprint density at radius 3 is 1.92 bits per heavy atom. The van der Waals surface area contributed by atoms with Gasteiger partial charge in [0.05, 0.1) is 14.2 Å². The molecule has 0 aliphatic heterocycles. The van der Waals surface area contributed by atoms with Gasteiger partial charge in [-0.3, -0.25) is 4.79 Å². The lowest BCUT2D eigenvalue weighted by Gasteiger charge is -2.55. The first-order valence-corrected chi connectivity index (χ1v) is 9.46. The molecule has 0 atom stereocenters. The van der Waals surface area contributed by atoms with E-state index < -0.39 is 5.97 Å². The first kappa shape index (κ1) is 17.4. The molecule has 0 saturated heterocycles. The van der Waals surface area contributed by atoms with E-state index in [2.05, 4.69) is 0 Å². The molecule has 0 aromatic heterocycles. The first-order chi connectivity index (χ1) is 12.5. The van der Waals surface area contributed by atoms with Crippen LogP contribution in [0, 0.1) is 23.2 Å². The smallest absolute Gasteiger partial charge is 0.346 e. The standard InChI is InChI=1S/C21H26O5/c1-24-16-4-3-5-17(25-2)19(16)20(23)26-12-18(22)21-9-13-6-14(10-21)8-15(7-13)11-21/h3-5,13-15H,6-12H2,1-2H3. The second-order valence-corrected chi connectivity index (χ2v) is 8.23. The average Bonchev–Trinajstić information content (AvgIpc) is 2.63. The number of rotatable bonds is 6. The van der Waals surface area contributed by atoms with Crippen LogP contribution in [-0.4, -0.2) is 32.6 Å². The second kappa shape index (κ2) is 6.60. The van der Waals surface area contributed by atoms with Crippen LogP contribution in [0.15, 0.2) is 18.2 Å². The summed E-state index contributed by atoms with van der Waals surface area (Å²) >= 11 is 0. The Balaban J connectivity index is 1.46. The summed E-state index contributed by atoms with van der Waals surface area (Å²) in [5.74, 6) is 2.37. The number of benzene rings is 1. The number of hydrogen-bond donors (Lipinski definition) is 0. The van der Waals surface area contributed by atoms with Gasteiger partial charge < -0.3 is 14.2 Å². The fourth-order valence-electron chi connectivity index (χ4n) is 5.86. The van der Waals surface area contributed by atoms with Crippen molar-refractivity contribution in [2.75, 3.05) is 20.8 Å². The third-order valence-electron chi connectivity index (χ3n) is 6.60. The van der Waals surface area contributed by atoms with Crippen LogP contribution in [0.4, 0.5) is 0 Å². The first-order valence-electron chi connectivity index (χ1n) is 9.46. The maximum Gasteiger partial charge on any atom is 0.346 e. The van der Waals surface area contributed by atoms with Gasteiger partial charge in [0.15, 0.2) is 12.4 Å². The largest absolute Gasteiger partial charge is 0.496 e. The van der Waals surface area contributed by atoms with Crippen molar-refractivity contribution < 1.29 is 23.8 Å². The van der Waals surface area contributed by atoms with Gasteiger partial charge in [0.2, 0.25) is 0 Å². The minimum atomic E-state index is -0.572. The molecule has 0 N–H and O–H groups in total. The second-order valence-electron chi connectivity index (χ2n) is 8.23. The summed E-state index contributed by atoms with van der Waals surface area (Å²) in [7, 11) is 2.98. The van der Waals surface area contributed by atoms with Gasteiger partial charge in [-0.2, -0.15) is 0 Å². The fraction of sp³-hybridized carbons (Fsp3) is 0.619. The van der Waals surface area contributed by atoms with Crippen molar-refractivity contribution in [2.45, 2.75) is 38.5 Å². The molecule has 0 amide bonds. The lowest BCUT2D eigenvalue weighted by molar-refractivity contribution is -0.147. The van der Waals surface area contributed by atoms with Crippen LogP contribution in [-0.2, 0) is 9.53 Å². The fourth-order valence-corrected chi connectivity index (χ4v) is 5.86. The summed E-state index contributed by atoms with van der Waals surface area (Å²) in [6.07, 6.45) is 6.79. The Bertz CT molecular complexity index is 666. The zero-order chi connectivity index (χ0) is 18.3. The van der Waals surface area contributed by atoms with E-state index in [9.17, 15) is 9.59 Å². The van der Waals surface area contributed by atoms with Crippen molar-refractivity contribution in [1.82, 2.24) is 0 Å². The number of ether oxygens (including phenoxy) is 3. The van der Waals surface area contributed by atoms with Gasteiger partial charge in [-0.1, -0.05) is 6.07 Å². The topological polar surface area (TPSA) is 61.8 Å². The van der Waals surface area contributed by atoms with Crippen LogP contribution in [0.1, 0.15) is 48.9 Å². The summed E-state index contributed by atoms with van der Waals surface area (Å²) in [6.45, 7) is -0.161. The third kappa shape index (κ3) is 2.87. The van der Waals surface area contributed by atoms with Crippen molar-refractivity contribution >= 4 is 11.8 Å². The van der Waals surface area contributed by atoms with E-state index in [1.54, 1.807) is 18.2 Å². The molecule has 4 fully saturated rings. The lowest BCUT2D eigenvalue weighted by atomic mass is 9.48. The summed E-state index contributed by atoms with van der Waals surface area (Å²) in [5, 5.41) is 0. The highest BCUT2D eigenvalue weighted by molar-refractivity contribution is 5.97. The van der Waals surface area contributed by atoms with Crippen LogP contribution in [0.3, 0.4) is 0 Å². The monoisotopic (exact) mass is 358 g/mol. The molecule has 140 valence electrons. The highest BCUT2D eigenvalue weighted by atomic mass is 16.5. The van der Waals surface area contributed by atoms with Crippen molar-refractivity contribution in [1.29, 1.82) is 0 Å². The minimum Gasteiger partial charge on any atom is -0.496 e. The number of hydrogen-bond acceptors (Lipinski definition) is 5. The molecule has 1 aromatic carbocycles. The maximum absolute atomic E-state index is 13.0. The van der Waals surface area contributed by atoms with E-state index in [1.165, 1.54) is 33.5 Å². The molecule has 1 aromatic rings. The summed E-state index contributed by atoms with van der Waals surface area (Å²) < 4.78 is 15.9. The van der Waals surface area contributed by atoms with E-state index in [4.69, 9.17) is 14.2 Å². The van der Waals surface area contributed by atoms with Gasteiger partial charge in [-0.25, -0.2) is 4.79 Å². The highest BCUT2D eigenvalue weighted by Crippen LogP contribution is 2.60. The molecule has 26 heavy (non-hydrogen) atoms. The number of esters is 1. The zero-order valence-electron chi connectivity index (χ0n) is 15.5. The van der Waals surface area contributed by atoms with Gasteiger partial charge in [-0.05, 0) is 68.4 Å². The molecule has 4 aliphatic carbocycles. The van der Waals surface area contributed by atoms with E-state index in [1.807, 2.05) is 0 Å². The lowest BCUT2D eigenvalue weighted by Crippen LogP contribution is -2.51. The van der Waals surface area contributed by atoms with E-state index in [0.29, 0.717) is 29.3 Å². The molecule has 5 rings (SSSR count). The van der Waals surface area contributed by atoms with Gasteiger partial charge in [-0.15, -0.1) is 0 Å². The zero-order valence-corrected chi connectivity index (χ0v) is 15.5. The van der Waals surface area contributed by atoms with Crippen LogP contribution >= 0.6 is 0 Å². The Morgan fingerprint density at radius 1 is 0.962 bits per heavy atom. The van der Waals surface area contributed by atoms with Gasteiger partial charge >= 0.3 is 5.97 Å². The Labute approximate surface area is 154 Å².